The molecule has 0 fully saturated rings. The maximum absolute atomic E-state index is 3.91. The second-order valence-corrected chi connectivity index (χ2v) is 3.99. The van der Waals surface area contributed by atoms with Gasteiger partial charge in [-0.1, -0.05) is 36.4 Å². The van der Waals surface area contributed by atoms with Crippen molar-refractivity contribution in [1.29, 1.82) is 0 Å². The Labute approximate surface area is 91.7 Å². The van der Waals surface area contributed by atoms with Crippen LogP contribution in [0.25, 0.3) is 0 Å². The summed E-state index contributed by atoms with van der Waals surface area (Å²) < 4.78 is 0. The lowest BCUT2D eigenvalue weighted by molar-refractivity contribution is 0.228. The molecular weight excluding hydrogens is 182 g/mol. The van der Waals surface area contributed by atoms with E-state index in [2.05, 4.69) is 42.3 Å². The average Bonchev–Trinajstić information content (AvgIpc) is 2.28. The normalized spacial score (nSPS) is 20.7. The van der Waals surface area contributed by atoms with E-state index in [1.165, 1.54) is 11.1 Å². The Morgan fingerprint density at radius 3 is 2.67 bits per heavy atom. The highest BCUT2D eigenvalue weighted by Crippen LogP contribution is 2.23. The van der Waals surface area contributed by atoms with E-state index in [0.29, 0.717) is 6.04 Å². The van der Waals surface area contributed by atoms with Crippen molar-refractivity contribution in [3.8, 4) is 0 Å². The molecule has 0 amide bonds. The topological polar surface area (TPSA) is 3.24 Å². The Morgan fingerprint density at radius 2 is 2.00 bits per heavy atom. The summed E-state index contributed by atoms with van der Waals surface area (Å²) in [6, 6.07) is 9.11. The summed E-state index contributed by atoms with van der Waals surface area (Å²) in [5.41, 5.74) is 2.90. The van der Waals surface area contributed by atoms with Gasteiger partial charge >= 0.3 is 0 Å². The van der Waals surface area contributed by atoms with Gasteiger partial charge < -0.3 is 0 Å². The molecule has 78 valence electrons. The predicted molar refractivity (Wildman–Crippen MR) is 64.7 cm³/mol. The van der Waals surface area contributed by atoms with Gasteiger partial charge in [0.1, 0.15) is 0 Å². The largest absolute Gasteiger partial charge is 0.289 e. The van der Waals surface area contributed by atoms with Crippen molar-refractivity contribution < 1.29 is 0 Å². The second kappa shape index (κ2) is 4.45. The Hall–Kier alpha value is -1.34. The lowest BCUT2D eigenvalue weighted by atomic mass is 9.94. The molecule has 1 atom stereocenters. The van der Waals surface area contributed by atoms with Crippen LogP contribution in [0.3, 0.4) is 0 Å². The van der Waals surface area contributed by atoms with Gasteiger partial charge in [0.2, 0.25) is 0 Å². The standard InChI is InChI=1S/C14H17N/c1-3-9-15-11-13-8-6-5-7-12(13)10-14(15)4-2/h3-8,14H,1-2,9-11H2. The molecule has 0 aromatic heterocycles. The fourth-order valence-corrected chi connectivity index (χ4v) is 2.20. The molecule has 2 rings (SSSR count). The first-order valence-electron chi connectivity index (χ1n) is 5.39. The Morgan fingerprint density at radius 1 is 1.27 bits per heavy atom. The smallest absolute Gasteiger partial charge is 0.0322 e. The minimum absolute atomic E-state index is 0.456. The minimum Gasteiger partial charge on any atom is -0.289 e. The first-order chi connectivity index (χ1) is 7.35. The van der Waals surface area contributed by atoms with Gasteiger partial charge in [0.25, 0.3) is 0 Å². The molecule has 1 nitrogen and oxygen atoms in total. The van der Waals surface area contributed by atoms with Crippen LogP contribution in [0.15, 0.2) is 49.6 Å². The molecule has 1 aliphatic rings. The fourth-order valence-electron chi connectivity index (χ4n) is 2.20. The van der Waals surface area contributed by atoms with Crippen LogP contribution in [0.1, 0.15) is 11.1 Å². The van der Waals surface area contributed by atoms with Gasteiger partial charge in [-0.3, -0.25) is 4.90 Å². The molecular formula is C14H17N. The molecule has 0 N–H and O–H groups in total. The van der Waals surface area contributed by atoms with Crippen LogP contribution in [0.4, 0.5) is 0 Å². The van der Waals surface area contributed by atoms with E-state index in [9.17, 15) is 0 Å². The summed E-state index contributed by atoms with van der Waals surface area (Å²) in [6.45, 7) is 9.67. The van der Waals surface area contributed by atoms with Crippen molar-refractivity contribution in [3.05, 3.63) is 60.7 Å². The van der Waals surface area contributed by atoms with Crippen LogP contribution in [0.5, 0.6) is 0 Å². The monoisotopic (exact) mass is 199 g/mol. The van der Waals surface area contributed by atoms with Crippen molar-refractivity contribution in [3.63, 3.8) is 0 Å². The molecule has 0 bridgehead atoms. The van der Waals surface area contributed by atoms with E-state index in [1.54, 1.807) is 0 Å². The number of rotatable bonds is 3. The maximum atomic E-state index is 3.91. The number of fused-ring (bicyclic) bond motifs is 1. The molecule has 0 saturated carbocycles. The summed E-state index contributed by atoms with van der Waals surface area (Å²) in [5, 5.41) is 0. The van der Waals surface area contributed by atoms with E-state index >= 15 is 0 Å². The zero-order chi connectivity index (χ0) is 10.7. The average molecular weight is 199 g/mol. The zero-order valence-electron chi connectivity index (χ0n) is 9.02. The van der Waals surface area contributed by atoms with E-state index in [-0.39, 0.29) is 0 Å². The van der Waals surface area contributed by atoms with E-state index < -0.39 is 0 Å². The molecule has 0 spiro atoms. The third-order valence-electron chi connectivity index (χ3n) is 3.03. The first kappa shape index (κ1) is 10.2. The van der Waals surface area contributed by atoms with Gasteiger partial charge in [0.15, 0.2) is 0 Å². The summed E-state index contributed by atoms with van der Waals surface area (Å²) in [6.07, 6.45) is 5.08. The van der Waals surface area contributed by atoms with Crippen LogP contribution in [-0.2, 0) is 13.0 Å². The molecule has 1 heteroatoms. The summed E-state index contributed by atoms with van der Waals surface area (Å²) in [4.78, 5) is 2.41. The SMILES string of the molecule is C=CCN1Cc2ccccc2CC1C=C. The number of hydrogen-bond donors (Lipinski definition) is 0. The molecule has 1 unspecified atom stereocenters. The van der Waals surface area contributed by atoms with Gasteiger partial charge in [0, 0.05) is 19.1 Å². The summed E-state index contributed by atoms with van der Waals surface area (Å²) in [7, 11) is 0. The fraction of sp³-hybridized carbons (Fsp3) is 0.286. The third-order valence-corrected chi connectivity index (χ3v) is 3.03. The van der Waals surface area contributed by atoms with Crippen molar-refractivity contribution in [2.24, 2.45) is 0 Å². The predicted octanol–water partition coefficient (Wildman–Crippen LogP) is 2.79. The quantitative estimate of drug-likeness (QED) is 0.677. The van der Waals surface area contributed by atoms with Gasteiger partial charge in [-0.05, 0) is 17.5 Å². The first-order valence-corrected chi connectivity index (χ1v) is 5.39. The lowest BCUT2D eigenvalue weighted by Gasteiger charge is -2.34. The highest BCUT2D eigenvalue weighted by Gasteiger charge is 2.22. The molecule has 1 aromatic carbocycles. The minimum atomic E-state index is 0.456. The molecule has 1 heterocycles. The third kappa shape index (κ3) is 2.02. The van der Waals surface area contributed by atoms with Crippen LogP contribution in [-0.4, -0.2) is 17.5 Å². The highest BCUT2D eigenvalue weighted by atomic mass is 15.2. The Balaban J connectivity index is 2.26. The Kier molecular flexibility index (Phi) is 3.02. The number of hydrogen-bond acceptors (Lipinski definition) is 1. The molecule has 0 saturated heterocycles. The van der Waals surface area contributed by atoms with Crippen LogP contribution in [0, 0.1) is 0 Å². The van der Waals surface area contributed by atoms with Gasteiger partial charge in [-0.2, -0.15) is 0 Å². The van der Waals surface area contributed by atoms with Gasteiger partial charge in [-0.15, -0.1) is 13.2 Å². The lowest BCUT2D eigenvalue weighted by Crippen LogP contribution is -2.38. The van der Waals surface area contributed by atoms with Crippen LogP contribution < -0.4 is 0 Å². The Bertz CT molecular complexity index is 367. The highest BCUT2D eigenvalue weighted by molar-refractivity contribution is 5.31. The molecule has 1 aromatic rings. The van der Waals surface area contributed by atoms with Crippen molar-refractivity contribution in [1.82, 2.24) is 4.90 Å². The van der Waals surface area contributed by atoms with Crippen LogP contribution >= 0.6 is 0 Å². The van der Waals surface area contributed by atoms with Crippen molar-refractivity contribution >= 4 is 0 Å². The summed E-state index contributed by atoms with van der Waals surface area (Å²) >= 11 is 0. The van der Waals surface area contributed by atoms with Gasteiger partial charge in [-0.25, -0.2) is 0 Å². The number of nitrogens with zero attached hydrogens (tertiary/aromatic N) is 1. The van der Waals surface area contributed by atoms with E-state index in [0.717, 1.165) is 19.5 Å². The molecule has 0 aliphatic carbocycles. The van der Waals surface area contributed by atoms with Crippen LogP contribution in [0.2, 0.25) is 0 Å². The molecule has 0 radical (unpaired) electrons. The van der Waals surface area contributed by atoms with Crippen molar-refractivity contribution in [2.75, 3.05) is 6.54 Å². The number of benzene rings is 1. The summed E-state index contributed by atoms with van der Waals surface area (Å²) in [5.74, 6) is 0. The second-order valence-electron chi connectivity index (χ2n) is 3.99. The van der Waals surface area contributed by atoms with E-state index in [4.69, 9.17) is 0 Å². The maximum Gasteiger partial charge on any atom is 0.0322 e. The molecule has 1 aliphatic heterocycles. The van der Waals surface area contributed by atoms with E-state index in [1.807, 2.05) is 12.2 Å². The van der Waals surface area contributed by atoms with Gasteiger partial charge in [0.05, 0.1) is 0 Å². The van der Waals surface area contributed by atoms with Crippen molar-refractivity contribution in [2.45, 2.75) is 19.0 Å². The molecule has 15 heavy (non-hydrogen) atoms. The zero-order valence-corrected chi connectivity index (χ0v) is 9.02.